The molecule has 0 aliphatic carbocycles. The lowest BCUT2D eigenvalue weighted by molar-refractivity contribution is -0.387. The van der Waals surface area contributed by atoms with Crippen LogP contribution in [-0.2, 0) is 25.7 Å². The predicted octanol–water partition coefficient (Wildman–Crippen LogP) is 5.24. The number of benzene rings is 1. The van der Waals surface area contributed by atoms with E-state index >= 15 is 0 Å². The van der Waals surface area contributed by atoms with Gasteiger partial charge in [-0.25, -0.2) is 0 Å². The Morgan fingerprint density at radius 2 is 1.59 bits per heavy atom. The highest BCUT2D eigenvalue weighted by atomic mass is 19.1. The minimum atomic E-state index is -0.944. The fourth-order valence-electron chi connectivity index (χ4n) is 2.72. The Morgan fingerprint density at radius 3 is 2.24 bits per heavy atom. The van der Waals surface area contributed by atoms with E-state index in [9.17, 15) is 24.1 Å². The number of unbranched alkanes of at least 4 members (excludes halogenated alkanes) is 6. The van der Waals surface area contributed by atoms with Crippen LogP contribution in [0.3, 0.4) is 0 Å². The molecule has 1 rings (SSSR count). The van der Waals surface area contributed by atoms with Gasteiger partial charge in [-0.2, -0.15) is 4.39 Å². The number of hydrogen-bond donors (Lipinski definition) is 0. The van der Waals surface area contributed by atoms with E-state index in [1.165, 1.54) is 31.7 Å². The van der Waals surface area contributed by atoms with Crippen LogP contribution in [-0.4, -0.2) is 23.5 Å². The maximum atomic E-state index is 13.3. The molecular weight excluding hydrogens is 381 g/mol. The molecule has 0 aliphatic rings. The van der Waals surface area contributed by atoms with Gasteiger partial charge < -0.3 is 9.47 Å². The van der Waals surface area contributed by atoms with Crippen molar-refractivity contribution in [3.05, 3.63) is 39.7 Å². The quantitative estimate of drug-likeness (QED) is 0.169. The molecule has 1 aromatic carbocycles. The Morgan fingerprint density at radius 1 is 0.966 bits per heavy atom. The van der Waals surface area contributed by atoms with Gasteiger partial charge in [0, 0.05) is 18.9 Å². The zero-order chi connectivity index (χ0) is 21.5. The van der Waals surface area contributed by atoms with Gasteiger partial charge in [0.15, 0.2) is 0 Å². The minimum absolute atomic E-state index is 0.0375. The molecule has 7 nitrogen and oxygen atoms in total. The zero-order valence-corrected chi connectivity index (χ0v) is 17.0. The van der Waals surface area contributed by atoms with Crippen molar-refractivity contribution in [1.29, 1.82) is 0 Å². The van der Waals surface area contributed by atoms with Crippen LogP contribution >= 0.6 is 0 Å². The van der Waals surface area contributed by atoms with Crippen LogP contribution in [0.5, 0.6) is 0 Å². The zero-order valence-electron chi connectivity index (χ0n) is 17.0. The molecule has 0 atom stereocenters. The smallest absolute Gasteiger partial charge is 0.306 e. The SMILES string of the molecule is CCCCCCCCCOC(=O)CCCC(=O)OCc1ccc(F)c([N+](=O)[O-])c1. The van der Waals surface area contributed by atoms with Gasteiger partial charge in [0.25, 0.3) is 0 Å². The highest BCUT2D eigenvalue weighted by Gasteiger charge is 2.15. The highest BCUT2D eigenvalue weighted by molar-refractivity contribution is 5.72. The van der Waals surface area contributed by atoms with E-state index in [-0.39, 0.29) is 25.4 Å². The summed E-state index contributed by atoms with van der Waals surface area (Å²) in [5, 5.41) is 10.7. The topological polar surface area (TPSA) is 95.7 Å². The Balaban J connectivity index is 2.11. The Bertz CT molecular complexity index is 665. The number of esters is 2. The van der Waals surface area contributed by atoms with Crippen LogP contribution in [0, 0.1) is 15.9 Å². The van der Waals surface area contributed by atoms with Crippen LogP contribution in [0.4, 0.5) is 10.1 Å². The largest absolute Gasteiger partial charge is 0.466 e. The maximum absolute atomic E-state index is 13.3. The van der Waals surface area contributed by atoms with Gasteiger partial charge in [0.1, 0.15) is 6.61 Å². The third-order valence-corrected chi connectivity index (χ3v) is 4.38. The maximum Gasteiger partial charge on any atom is 0.306 e. The van der Waals surface area contributed by atoms with Crippen molar-refractivity contribution < 1.29 is 28.4 Å². The summed E-state index contributed by atoms with van der Waals surface area (Å²) in [6.45, 7) is 2.39. The van der Waals surface area contributed by atoms with Gasteiger partial charge in [-0.3, -0.25) is 19.7 Å². The highest BCUT2D eigenvalue weighted by Crippen LogP contribution is 2.19. The molecule has 0 aliphatic heterocycles. The molecule has 0 amide bonds. The number of carbonyl (C=O) groups is 2. The molecule has 0 saturated heterocycles. The van der Waals surface area contributed by atoms with Crippen LogP contribution in [0.1, 0.15) is 76.7 Å². The average molecular weight is 411 g/mol. The molecule has 29 heavy (non-hydrogen) atoms. The Labute approximate surface area is 170 Å². The lowest BCUT2D eigenvalue weighted by Gasteiger charge is -2.06. The van der Waals surface area contributed by atoms with Gasteiger partial charge in [0.2, 0.25) is 5.82 Å². The molecule has 0 radical (unpaired) electrons. The minimum Gasteiger partial charge on any atom is -0.466 e. The van der Waals surface area contributed by atoms with Crippen LogP contribution in [0.25, 0.3) is 0 Å². The van der Waals surface area contributed by atoms with Gasteiger partial charge >= 0.3 is 17.6 Å². The Hall–Kier alpha value is -2.51. The number of rotatable bonds is 15. The van der Waals surface area contributed by atoms with Crippen LogP contribution < -0.4 is 0 Å². The molecule has 8 heteroatoms. The number of halogens is 1. The van der Waals surface area contributed by atoms with Gasteiger partial charge in [0.05, 0.1) is 11.5 Å². The lowest BCUT2D eigenvalue weighted by atomic mass is 10.1. The molecule has 162 valence electrons. The van der Waals surface area contributed by atoms with Gasteiger partial charge in [-0.1, -0.05) is 51.5 Å². The number of hydrogen-bond acceptors (Lipinski definition) is 6. The summed E-state index contributed by atoms with van der Waals surface area (Å²) in [4.78, 5) is 33.2. The first-order chi connectivity index (χ1) is 13.9. The average Bonchev–Trinajstić information content (AvgIpc) is 2.69. The van der Waals surface area contributed by atoms with Crippen molar-refractivity contribution >= 4 is 17.6 Å². The summed E-state index contributed by atoms with van der Waals surface area (Å²) in [6, 6.07) is 3.31. The summed E-state index contributed by atoms with van der Waals surface area (Å²) >= 11 is 0. The molecule has 0 saturated carbocycles. The van der Waals surface area contributed by atoms with E-state index in [1.807, 2.05) is 0 Å². The van der Waals surface area contributed by atoms with Crippen molar-refractivity contribution in [2.24, 2.45) is 0 Å². The van der Waals surface area contributed by atoms with E-state index in [4.69, 9.17) is 9.47 Å². The van der Waals surface area contributed by atoms with Crippen LogP contribution in [0.15, 0.2) is 18.2 Å². The molecule has 0 bridgehead atoms. The third kappa shape index (κ3) is 11.2. The first-order valence-corrected chi connectivity index (χ1v) is 10.2. The van der Waals surface area contributed by atoms with Crippen molar-refractivity contribution in [2.75, 3.05) is 6.61 Å². The summed E-state index contributed by atoms with van der Waals surface area (Å²) < 4.78 is 23.4. The fraction of sp³-hybridized carbons (Fsp3) is 0.619. The van der Waals surface area contributed by atoms with E-state index in [2.05, 4.69) is 6.92 Å². The van der Waals surface area contributed by atoms with Crippen molar-refractivity contribution in [1.82, 2.24) is 0 Å². The number of nitro groups is 1. The summed E-state index contributed by atoms with van der Waals surface area (Å²) in [5.41, 5.74) is -0.345. The monoisotopic (exact) mass is 411 g/mol. The number of carbonyl (C=O) groups excluding carboxylic acids is 2. The molecule has 0 heterocycles. The molecule has 0 spiro atoms. The van der Waals surface area contributed by atoms with Gasteiger partial charge in [-0.05, 0) is 24.5 Å². The predicted molar refractivity (Wildman–Crippen MR) is 106 cm³/mol. The van der Waals surface area contributed by atoms with E-state index in [0.717, 1.165) is 31.4 Å². The molecule has 0 N–H and O–H groups in total. The standard InChI is InChI=1S/C21H30FNO6/c1-2-3-4-5-6-7-8-14-28-20(24)10-9-11-21(25)29-16-17-12-13-18(22)19(15-17)23(26)27/h12-13,15H,2-11,14,16H2,1H3. The number of nitrogens with zero attached hydrogens (tertiary/aromatic N) is 1. The molecule has 0 unspecified atom stereocenters. The van der Waals surface area contributed by atoms with Crippen molar-refractivity contribution in [3.8, 4) is 0 Å². The van der Waals surface area contributed by atoms with Gasteiger partial charge in [-0.15, -0.1) is 0 Å². The van der Waals surface area contributed by atoms with Crippen molar-refractivity contribution in [3.63, 3.8) is 0 Å². The normalized spacial score (nSPS) is 10.6. The third-order valence-electron chi connectivity index (χ3n) is 4.38. The van der Waals surface area contributed by atoms with E-state index in [1.54, 1.807) is 0 Å². The second kappa shape index (κ2) is 14.5. The van der Waals surface area contributed by atoms with Crippen LogP contribution in [0.2, 0.25) is 0 Å². The molecule has 1 aromatic rings. The molecule has 0 fully saturated rings. The fourth-order valence-corrected chi connectivity index (χ4v) is 2.72. The first kappa shape index (κ1) is 24.5. The Kier molecular flexibility index (Phi) is 12.2. The van der Waals surface area contributed by atoms with E-state index < -0.39 is 22.4 Å². The summed E-state index contributed by atoms with van der Waals surface area (Å²) in [7, 11) is 0. The first-order valence-electron chi connectivity index (χ1n) is 10.2. The second-order valence-electron chi connectivity index (χ2n) is 6.90. The molecule has 0 aromatic heterocycles. The van der Waals surface area contributed by atoms with Crippen molar-refractivity contribution in [2.45, 2.75) is 77.7 Å². The second-order valence-corrected chi connectivity index (χ2v) is 6.90. The summed E-state index contributed by atoms with van der Waals surface area (Å²) in [5.74, 6) is -1.81. The lowest BCUT2D eigenvalue weighted by Crippen LogP contribution is -2.09. The number of nitro benzene ring substituents is 1. The number of ether oxygens (including phenoxy) is 2. The molecular formula is C21H30FNO6. The van der Waals surface area contributed by atoms with E-state index in [0.29, 0.717) is 18.6 Å². The summed E-state index contributed by atoms with van der Waals surface area (Å²) in [6.07, 6.45) is 8.48.